The molecule has 2 N–H and O–H groups in total. The molecule has 1 amide bonds. The van der Waals surface area contributed by atoms with Crippen LogP contribution in [-0.2, 0) is 19.6 Å². The second-order valence-electron chi connectivity index (χ2n) is 4.96. The molecule has 0 atom stereocenters. The van der Waals surface area contributed by atoms with Gasteiger partial charge in [0.25, 0.3) is 0 Å². The van der Waals surface area contributed by atoms with Crippen molar-refractivity contribution in [3.05, 3.63) is 29.3 Å². The first-order chi connectivity index (χ1) is 10.2. The Morgan fingerprint density at radius 3 is 2.27 bits per heavy atom. The highest BCUT2D eigenvalue weighted by molar-refractivity contribution is 7.89. The summed E-state index contributed by atoms with van der Waals surface area (Å²) in [7, 11) is -2.15. The highest BCUT2D eigenvalue weighted by atomic mass is 32.2. The van der Waals surface area contributed by atoms with Crippen molar-refractivity contribution < 1.29 is 23.1 Å². The molecule has 122 valence electrons. The zero-order chi connectivity index (χ0) is 16.9. The van der Waals surface area contributed by atoms with Crippen molar-refractivity contribution in [2.24, 2.45) is 0 Å². The number of carbonyl (C=O) groups is 2. The summed E-state index contributed by atoms with van der Waals surface area (Å²) in [6.45, 7) is 3.75. The van der Waals surface area contributed by atoms with E-state index in [1.165, 1.54) is 11.4 Å². The number of aliphatic carboxylic acids is 1. The number of hydrogen-bond acceptors (Lipinski definition) is 4. The Kier molecular flexibility index (Phi) is 6.07. The summed E-state index contributed by atoms with van der Waals surface area (Å²) in [5, 5.41) is 10.6. The topological polar surface area (TPSA) is 104 Å². The molecule has 0 bridgehead atoms. The van der Waals surface area contributed by atoms with Gasteiger partial charge in [-0.15, -0.1) is 0 Å². The standard InChI is InChI=1S/C14H20N2O5S/c1-10-6-4-7-11(2)12(10)22(20,21)16(3)9-5-8-15-13(17)14(18)19/h4,6-7H,5,8-9H2,1-3H3,(H,15,17)(H,18,19). The van der Waals surface area contributed by atoms with E-state index in [9.17, 15) is 18.0 Å². The molecular formula is C14H20N2O5S. The molecule has 0 saturated carbocycles. The van der Waals surface area contributed by atoms with Crippen molar-refractivity contribution in [3.63, 3.8) is 0 Å². The Balaban J connectivity index is 2.70. The molecule has 0 radical (unpaired) electrons. The normalized spacial score (nSPS) is 11.5. The maximum absolute atomic E-state index is 12.6. The van der Waals surface area contributed by atoms with E-state index in [1.54, 1.807) is 32.0 Å². The molecule has 0 aliphatic heterocycles. The number of amides is 1. The predicted octanol–water partition coefficient (Wildman–Crippen LogP) is 0.515. The molecular weight excluding hydrogens is 308 g/mol. The van der Waals surface area contributed by atoms with Crippen LogP contribution in [-0.4, -0.2) is 49.8 Å². The molecule has 1 rings (SSSR count). The lowest BCUT2D eigenvalue weighted by Gasteiger charge is -2.20. The van der Waals surface area contributed by atoms with E-state index in [-0.39, 0.29) is 18.0 Å². The minimum Gasteiger partial charge on any atom is -0.474 e. The van der Waals surface area contributed by atoms with E-state index in [0.29, 0.717) is 17.5 Å². The zero-order valence-corrected chi connectivity index (χ0v) is 13.6. The van der Waals surface area contributed by atoms with Gasteiger partial charge >= 0.3 is 11.9 Å². The van der Waals surface area contributed by atoms with Crippen molar-refractivity contribution in [3.8, 4) is 0 Å². The van der Waals surface area contributed by atoms with Gasteiger partial charge in [-0.1, -0.05) is 18.2 Å². The Morgan fingerprint density at radius 1 is 1.23 bits per heavy atom. The molecule has 0 unspecified atom stereocenters. The van der Waals surface area contributed by atoms with Crippen molar-refractivity contribution in [1.29, 1.82) is 0 Å². The van der Waals surface area contributed by atoms with Crippen LogP contribution < -0.4 is 5.32 Å². The van der Waals surface area contributed by atoms with Crippen LogP contribution in [0.2, 0.25) is 0 Å². The average molecular weight is 328 g/mol. The zero-order valence-electron chi connectivity index (χ0n) is 12.8. The fourth-order valence-electron chi connectivity index (χ4n) is 2.06. The van der Waals surface area contributed by atoms with Crippen molar-refractivity contribution >= 4 is 21.9 Å². The van der Waals surface area contributed by atoms with Gasteiger partial charge in [0.05, 0.1) is 4.90 Å². The highest BCUT2D eigenvalue weighted by Gasteiger charge is 2.24. The molecule has 0 saturated heterocycles. The van der Waals surface area contributed by atoms with Gasteiger partial charge in [-0.3, -0.25) is 4.79 Å². The van der Waals surface area contributed by atoms with Gasteiger partial charge in [-0.05, 0) is 31.4 Å². The molecule has 1 aromatic carbocycles. The Hall–Kier alpha value is -1.93. The van der Waals surface area contributed by atoms with E-state index in [4.69, 9.17) is 5.11 Å². The summed E-state index contributed by atoms with van der Waals surface area (Å²) < 4.78 is 26.3. The number of aryl methyl sites for hydroxylation is 2. The quantitative estimate of drug-likeness (QED) is 0.585. The molecule has 7 nitrogen and oxygen atoms in total. The Bertz CT molecular complexity index is 650. The fraction of sp³-hybridized carbons (Fsp3) is 0.429. The first-order valence-electron chi connectivity index (χ1n) is 6.71. The molecule has 8 heteroatoms. The van der Waals surface area contributed by atoms with Crippen LogP contribution in [0.3, 0.4) is 0 Å². The maximum Gasteiger partial charge on any atom is 0.394 e. The van der Waals surface area contributed by atoms with Gasteiger partial charge in [-0.25, -0.2) is 17.5 Å². The first-order valence-corrected chi connectivity index (χ1v) is 8.15. The SMILES string of the molecule is Cc1cccc(C)c1S(=O)(=O)N(C)CCCNC(=O)C(=O)O. The largest absolute Gasteiger partial charge is 0.474 e. The van der Waals surface area contributed by atoms with E-state index < -0.39 is 21.9 Å². The molecule has 0 fully saturated rings. The lowest BCUT2D eigenvalue weighted by Crippen LogP contribution is -2.34. The summed E-state index contributed by atoms with van der Waals surface area (Å²) in [5.41, 5.74) is 1.34. The monoisotopic (exact) mass is 328 g/mol. The van der Waals surface area contributed by atoms with Gasteiger partial charge in [0.1, 0.15) is 0 Å². The van der Waals surface area contributed by atoms with E-state index in [2.05, 4.69) is 5.32 Å². The summed E-state index contributed by atoms with van der Waals surface area (Å²) in [5.74, 6) is -2.66. The maximum atomic E-state index is 12.6. The van der Waals surface area contributed by atoms with E-state index in [0.717, 1.165) is 0 Å². The number of carboxylic acid groups (broad SMARTS) is 1. The fourth-order valence-corrected chi connectivity index (χ4v) is 3.69. The predicted molar refractivity (Wildman–Crippen MR) is 81.0 cm³/mol. The third-order valence-electron chi connectivity index (χ3n) is 3.21. The smallest absolute Gasteiger partial charge is 0.394 e. The van der Waals surface area contributed by atoms with Gasteiger partial charge in [0.15, 0.2) is 0 Å². The van der Waals surface area contributed by atoms with E-state index >= 15 is 0 Å². The Morgan fingerprint density at radius 2 is 1.77 bits per heavy atom. The van der Waals surface area contributed by atoms with Gasteiger partial charge < -0.3 is 10.4 Å². The van der Waals surface area contributed by atoms with Gasteiger partial charge in [0.2, 0.25) is 10.0 Å². The molecule has 0 aliphatic rings. The summed E-state index contributed by atoms with van der Waals surface area (Å²) in [6, 6.07) is 5.27. The van der Waals surface area contributed by atoms with Crippen LogP contribution in [0.1, 0.15) is 17.5 Å². The molecule has 0 aromatic heterocycles. The number of nitrogens with zero attached hydrogens (tertiary/aromatic N) is 1. The minimum atomic E-state index is -3.61. The second-order valence-corrected chi connectivity index (χ2v) is 6.94. The van der Waals surface area contributed by atoms with Gasteiger partial charge in [-0.2, -0.15) is 0 Å². The van der Waals surface area contributed by atoms with Crippen LogP contribution in [0.25, 0.3) is 0 Å². The molecule has 0 heterocycles. The lowest BCUT2D eigenvalue weighted by molar-refractivity contribution is -0.150. The first kappa shape index (κ1) is 18.1. The number of carbonyl (C=O) groups excluding carboxylic acids is 1. The number of sulfonamides is 1. The third kappa shape index (κ3) is 4.28. The molecule has 22 heavy (non-hydrogen) atoms. The minimum absolute atomic E-state index is 0.0950. The van der Waals surface area contributed by atoms with Crippen LogP contribution in [0, 0.1) is 13.8 Å². The number of carboxylic acids is 1. The number of nitrogens with one attached hydrogen (secondary N) is 1. The van der Waals surface area contributed by atoms with Crippen LogP contribution in [0.5, 0.6) is 0 Å². The molecule has 0 aliphatic carbocycles. The summed E-state index contributed by atoms with van der Waals surface area (Å²) >= 11 is 0. The van der Waals surface area contributed by atoms with Crippen LogP contribution in [0.15, 0.2) is 23.1 Å². The third-order valence-corrected chi connectivity index (χ3v) is 5.37. The van der Waals surface area contributed by atoms with Crippen LogP contribution in [0.4, 0.5) is 0 Å². The average Bonchev–Trinajstić information content (AvgIpc) is 2.42. The number of hydrogen-bond donors (Lipinski definition) is 2. The number of benzene rings is 1. The highest BCUT2D eigenvalue weighted by Crippen LogP contribution is 2.22. The molecule has 0 spiro atoms. The van der Waals surface area contributed by atoms with Crippen molar-refractivity contribution in [2.75, 3.05) is 20.1 Å². The Labute approximate surface area is 130 Å². The second kappa shape index (κ2) is 7.37. The van der Waals surface area contributed by atoms with Crippen molar-refractivity contribution in [1.82, 2.24) is 9.62 Å². The van der Waals surface area contributed by atoms with Gasteiger partial charge in [0, 0.05) is 20.1 Å². The molecule has 1 aromatic rings. The van der Waals surface area contributed by atoms with E-state index in [1.807, 2.05) is 0 Å². The van der Waals surface area contributed by atoms with Crippen LogP contribution >= 0.6 is 0 Å². The lowest BCUT2D eigenvalue weighted by atomic mass is 10.2. The van der Waals surface area contributed by atoms with Crippen molar-refractivity contribution in [2.45, 2.75) is 25.2 Å². The number of rotatable bonds is 6. The summed E-state index contributed by atoms with van der Waals surface area (Å²) in [4.78, 5) is 21.5. The summed E-state index contributed by atoms with van der Waals surface area (Å²) in [6.07, 6.45) is 0.319.